The first-order valence-corrected chi connectivity index (χ1v) is 6.10. The number of benzene rings is 1. The van der Waals surface area contributed by atoms with Gasteiger partial charge in [0.25, 0.3) is 0 Å². The highest BCUT2D eigenvalue weighted by Crippen LogP contribution is 2.42. The molecule has 1 aromatic rings. The Balaban J connectivity index is 2.61. The van der Waals surface area contributed by atoms with Crippen LogP contribution in [0.5, 0.6) is 11.5 Å². The third-order valence-electron chi connectivity index (χ3n) is 3.94. The summed E-state index contributed by atoms with van der Waals surface area (Å²) in [5.41, 5.74) is 9.10. The first-order chi connectivity index (χ1) is 8.59. The van der Waals surface area contributed by atoms with Crippen molar-refractivity contribution < 1.29 is 14.2 Å². The summed E-state index contributed by atoms with van der Waals surface area (Å²) in [6.07, 6.45) is 0. The third kappa shape index (κ3) is 1.76. The average molecular weight is 251 g/mol. The van der Waals surface area contributed by atoms with E-state index in [4.69, 9.17) is 19.9 Å². The minimum Gasteiger partial charge on any atom is -0.496 e. The van der Waals surface area contributed by atoms with Gasteiger partial charge in [-0.1, -0.05) is 0 Å². The molecule has 1 heterocycles. The van der Waals surface area contributed by atoms with E-state index >= 15 is 0 Å². The Morgan fingerprint density at radius 1 is 1.22 bits per heavy atom. The molecule has 0 atom stereocenters. The van der Waals surface area contributed by atoms with Crippen LogP contribution in [0.25, 0.3) is 0 Å². The highest BCUT2D eigenvalue weighted by molar-refractivity contribution is 5.56. The molecular weight excluding hydrogens is 230 g/mol. The summed E-state index contributed by atoms with van der Waals surface area (Å²) in [4.78, 5) is 0. The van der Waals surface area contributed by atoms with Crippen LogP contribution in [0.15, 0.2) is 6.07 Å². The molecule has 4 heteroatoms. The quantitative estimate of drug-likeness (QED) is 0.882. The summed E-state index contributed by atoms with van der Waals surface area (Å²) in [7, 11) is 3.38. The predicted octanol–water partition coefficient (Wildman–Crippen LogP) is 1.55. The number of methoxy groups -OCH3 is 2. The van der Waals surface area contributed by atoms with Crippen LogP contribution in [-0.2, 0) is 10.2 Å². The highest BCUT2D eigenvalue weighted by Gasteiger charge is 2.42. The van der Waals surface area contributed by atoms with E-state index < -0.39 is 0 Å². The van der Waals surface area contributed by atoms with Crippen molar-refractivity contribution >= 4 is 0 Å². The van der Waals surface area contributed by atoms with Crippen molar-refractivity contribution in [2.24, 2.45) is 5.73 Å². The molecule has 1 aliphatic heterocycles. The standard InChI is InChI=1S/C14H21NO3/c1-9-10(2)13(17-4)11(5-12(9)16-3)14(6-15)7-18-8-14/h5H,6-8,15H2,1-4H3. The summed E-state index contributed by atoms with van der Waals surface area (Å²) >= 11 is 0. The number of ether oxygens (including phenoxy) is 3. The smallest absolute Gasteiger partial charge is 0.126 e. The van der Waals surface area contributed by atoms with Crippen LogP contribution in [0.2, 0.25) is 0 Å². The average Bonchev–Trinajstić information content (AvgIpc) is 2.33. The van der Waals surface area contributed by atoms with Crippen LogP contribution < -0.4 is 15.2 Å². The van der Waals surface area contributed by atoms with Gasteiger partial charge in [-0.25, -0.2) is 0 Å². The Morgan fingerprint density at radius 3 is 2.28 bits per heavy atom. The molecule has 0 saturated carbocycles. The molecule has 1 fully saturated rings. The summed E-state index contributed by atoms with van der Waals surface area (Å²) < 4.78 is 16.4. The van der Waals surface area contributed by atoms with E-state index in [1.54, 1.807) is 14.2 Å². The van der Waals surface area contributed by atoms with Crippen LogP contribution in [0.4, 0.5) is 0 Å². The second kappa shape index (κ2) is 4.78. The van der Waals surface area contributed by atoms with Crippen LogP contribution in [0.1, 0.15) is 16.7 Å². The molecule has 4 nitrogen and oxygen atoms in total. The molecule has 18 heavy (non-hydrogen) atoms. The SMILES string of the molecule is COc1cc(C2(CN)COC2)c(OC)c(C)c1C. The Labute approximate surface area is 108 Å². The maximum atomic E-state index is 5.93. The molecule has 2 N–H and O–H groups in total. The molecule has 0 radical (unpaired) electrons. The fraction of sp³-hybridized carbons (Fsp3) is 0.571. The van der Waals surface area contributed by atoms with E-state index in [2.05, 4.69) is 0 Å². The van der Waals surface area contributed by atoms with Crippen molar-refractivity contribution in [1.82, 2.24) is 0 Å². The lowest BCUT2D eigenvalue weighted by Crippen LogP contribution is -2.52. The zero-order valence-corrected chi connectivity index (χ0v) is 11.5. The largest absolute Gasteiger partial charge is 0.496 e. The van der Waals surface area contributed by atoms with E-state index in [1.165, 1.54) is 0 Å². The molecule has 0 aliphatic carbocycles. The van der Waals surface area contributed by atoms with Crippen LogP contribution >= 0.6 is 0 Å². The molecule has 0 unspecified atom stereocenters. The Hall–Kier alpha value is -1.26. The second-order valence-electron chi connectivity index (χ2n) is 4.89. The lowest BCUT2D eigenvalue weighted by molar-refractivity contribution is -0.0560. The van der Waals surface area contributed by atoms with Crippen LogP contribution in [-0.4, -0.2) is 34.0 Å². The Kier molecular flexibility index (Phi) is 3.50. The normalized spacial score (nSPS) is 17.2. The van der Waals surface area contributed by atoms with Gasteiger partial charge in [0.05, 0.1) is 32.8 Å². The molecule has 1 saturated heterocycles. The molecule has 0 bridgehead atoms. The van der Waals surface area contributed by atoms with Gasteiger partial charge in [0.15, 0.2) is 0 Å². The van der Waals surface area contributed by atoms with Crippen molar-refractivity contribution in [3.05, 3.63) is 22.8 Å². The van der Waals surface area contributed by atoms with Crippen molar-refractivity contribution in [2.45, 2.75) is 19.3 Å². The van der Waals surface area contributed by atoms with Gasteiger partial charge in [0, 0.05) is 12.1 Å². The molecule has 0 spiro atoms. The molecule has 1 aromatic carbocycles. The highest BCUT2D eigenvalue weighted by atomic mass is 16.5. The van der Waals surface area contributed by atoms with Gasteiger partial charge >= 0.3 is 0 Å². The zero-order chi connectivity index (χ0) is 13.3. The van der Waals surface area contributed by atoms with Crippen molar-refractivity contribution in [3.63, 3.8) is 0 Å². The van der Waals surface area contributed by atoms with Gasteiger partial charge in [0.2, 0.25) is 0 Å². The van der Waals surface area contributed by atoms with Crippen molar-refractivity contribution in [1.29, 1.82) is 0 Å². The molecule has 2 rings (SSSR count). The first-order valence-electron chi connectivity index (χ1n) is 6.10. The fourth-order valence-electron chi connectivity index (χ4n) is 2.46. The van der Waals surface area contributed by atoms with E-state index in [9.17, 15) is 0 Å². The van der Waals surface area contributed by atoms with E-state index in [1.807, 2.05) is 19.9 Å². The molecule has 1 aliphatic rings. The number of rotatable bonds is 4. The molecular formula is C14H21NO3. The van der Waals surface area contributed by atoms with Gasteiger partial charge in [-0.2, -0.15) is 0 Å². The number of hydrogen-bond acceptors (Lipinski definition) is 4. The van der Waals surface area contributed by atoms with Gasteiger partial charge in [-0.05, 0) is 31.0 Å². The fourth-order valence-corrected chi connectivity index (χ4v) is 2.46. The maximum absolute atomic E-state index is 5.93. The lowest BCUT2D eigenvalue weighted by atomic mass is 9.77. The van der Waals surface area contributed by atoms with Gasteiger partial charge in [-0.15, -0.1) is 0 Å². The monoisotopic (exact) mass is 251 g/mol. The predicted molar refractivity (Wildman–Crippen MR) is 70.6 cm³/mol. The summed E-state index contributed by atoms with van der Waals surface area (Å²) in [6.45, 7) is 5.92. The minimum atomic E-state index is -0.128. The molecule has 0 aromatic heterocycles. The maximum Gasteiger partial charge on any atom is 0.126 e. The van der Waals surface area contributed by atoms with Gasteiger partial charge in [-0.3, -0.25) is 0 Å². The summed E-state index contributed by atoms with van der Waals surface area (Å²) in [5, 5.41) is 0. The first kappa shape index (κ1) is 13.2. The number of hydrogen-bond donors (Lipinski definition) is 1. The zero-order valence-electron chi connectivity index (χ0n) is 11.5. The summed E-state index contributed by atoms with van der Waals surface area (Å²) in [5.74, 6) is 1.78. The van der Waals surface area contributed by atoms with Gasteiger partial charge < -0.3 is 19.9 Å². The minimum absolute atomic E-state index is 0.128. The Morgan fingerprint density at radius 2 is 1.89 bits per heavy atom. The Bertz CT molecular complexity index is 447. The van der Waals surface area contributed by atoms with Crippen molar-refractivity contribution in [2.75, 3.05) is 34.0 Å². The van der Waals surface area contributed by atoms with Gasteiger partial charge in [0.1, 0.15) is 11.5 Å². The van der Waals surface area contributed by atoms with E-state index in [0.717, 1.165) is 28.2 Å². The molecule has 100 valence electrons. The van der Waals surface area contributed by atoms with Crippen LogP contribution in [0.3, 0.4) is 0 Å². The molecule has 0 amide bonds. The summed E-state index contributed by atoms with van der Waals surface area (Å²) in [6, 6.07) is 2.04. The van der Waals surface area contributed by atoms with E-state index in [0.29, 0.717) is 19.8 Å². The van der Waals surface area contributed by atoms with Crippen LogP contribution in [0, 0.1) is 13.8 Å². The van der Waals surface area contributed by atoms with Crippen molar-refractivity contribution in [3.8, 4) is 11.5 Å². The topological polar surface area (TPSA) is 53.7 Å². The second-order valence-corrected chi connectivity index (χ2v) is 4.89. The third-order valence-corrected chi connectivity index (χ3v) is 3.94. The van der Waals surface area contributed by atoms with E-state index in [-0.39, 0.29) is 5.41 Å². The number of nitrogens with two attached hydrogens (primary N) is 1. The lowest BCUT2D eigenvalue weighted by Gasteiger charge is -2.42.